The Balaban J connectivity index is 1.71. The third-order valence-corrected chi connectivity index (χ3v) is 3.40. The average Bonchev–Trinajstić information content (AvgIpc) is 2.46. The predicted octanol–water partition coefficient (Wildman–Crippen LogP) is 4.30. The van der Waals surface area contributed by atoms with Crippen LogP contribution in [0.4, 0.5) is 10.5 Å². The molecule has 2 aromatic carbocycles. The molecule has 0 radical (unpaired) electrons. The number of hydrogen-bond acceptors (Lipinski definition) is 2. The number of carbonyl (C=O) groups is 1. The van der Waals surface area contributed by atoms with E-state index in [1.165, 1.54) is 0 Å². The first-order valence-corrected chi connectivity index (χ1v) is 7.50. The number of rotatable bonds is 5. The summed E-state index contributed by atoms with van der Waals surface area (Å²) in [5.74, 6) is 0.748. The van der Waals surface area contributed by atoms with Crippen molar-refractivity contribution in [2.45, 2.75) is 0 Å². The van der Waals surface area contributed by atoms with E-state index >= 15 is 0 Å². The molecular weight excluding hydrogens is 356 g/mol. The number of urea groups is 1. The molecule has 0 aliphatic carbocycles. The van der Waals surface area contributed by atoms with Gasteiger partial charge in [-0.1, -0.05) is 45.7 Å². The fraction of sp³-hybridized carbons (Fsp3) is 0.133. The zero-order valence-electron chi connectivity index (χ0n) is 11.1. The molecule has 0 heterocycles. The number of para-hydroxylation sites is 1. The van der Waals surface area contributed by atoms with Gasteiger partial charge in [-0.25, -0.2) is 4.79 Å². The van der Waals surface area contributed by atoms with Gasteiger partial charge in [0.1, 0.15) is 12.4 Å². The molecule has 2 N–H and O–H groups in total. The number of hydrogen-bond donors (Lipinski definition) is 2. The lowest BCUT2D eigenvalue weighted by atomic mass is 10.3. The van der Waals surface area contributed by atoms with Gasteiger partial charge in [0.25, 0.3) is 0 Å². The molecular formula is C15H14BrClN2O2. The van der Waals surface area contributed by atoms with Gasteiger partial charge in [-0.3, -0.25) is 0 Å². The van der Waals surface area contributed by atoms with Crippen molar-refractivity contribution in [3.63, 3.8) is 0 Å². The van der Waals surface area contributed by atoms with Crippen LogP contribution in [0.25, 0.3) is 0 Å². The van der Waals surface area contributed by atoms with Gasteiger partial charge in [0.15, 0.2) is 0 Å². The molecule has 2 aromatic rings. The normalized spacial score (nSPS) is 10.0. The fourth-order valence-electron chi connectivity index (χ4n) is 1.62. The highest BCUT2D eigenvalue weighted by Crippen LogP contribution is 2.20. The molecule has 0 aromatic heterocycles. The Bertz CT molecular complexity index is 622. The number of benzene rings is 2. The SMILES string of the molecule is O=C(NCCOc1cccc(Br)c1)Nc1ccccc1Cl. The zero-order chi connectivity index (χ0) is 15.1. The second-order valence-electron chi connectivity index (χ2n) is 4.17. The first-order chi connectivity index (χ1) is 10.1. The minimum Gasteiger partial charge on any atom is -0.492 e. The minimum atomic E-state index is -0.319. The quantitative estimate of drug-likeness (QED) is 0.772. The molecule has 2 amide bonds. The summed E-state index contributed by atoms with van der Waals surface area (Å²) < 4.78 is 6.46. The van der Waals surface area contributed by atoms with Crippen molar-refractivity contribution in [3.05, 3.63) is 58.0 Å². The third kappa shape index (κ3) is 5.28. The molecule has 2 rings (SSSR count). The van der Waals surface area contributed by atoms with Gasteiger partial charge < -0.3 is 15.4 Å². The second-order valence-corrected chi connectivity index (χ2v) is 5.49. The summed E-state index contributed by atoms with van der Waals surface area (Å²) in [5, 5.41) is 5.87. The van der Waals surface area contributed by atoms with E-state index in [9.17, 15) is 4.79 Å². The lowest BCUT2D eigenvalue weighted by molar-refractivity contribution is 0.247. The molecule has 0 fully saturated rings. The Morgan fingerprint density at radius 2 is 2.00 bits per heavy atom. The van der Waals surface area contributed by atoms with E-state index in [0.29, 0.717) is 23.9 Å². The number of halogens is 2. The maximum atomic E-state index is 11.7. The molecule has 0 atom stereocenters. The predicted molar refractivity (Wildman–Crippen MR) is 88.1 cm³/mol. The summed E-state index contributed by atoms with van der Waals surface area (Å²) in [4.78, 5) is 11.7. The Hall–Kier alpha value is -1.72. The molecule has 4 nitrogen and oxygen atoms in total. The lowest BCUT2D eigenvalue weighted by Gasteiger charge is -2.10. The number of amides is 2. The number of nitrogens with one attached hydrogen (secondary N) is 2. The van der Waals surface area contributed by atoms with E-state index < -0.39 is 0 Å². The average molecular weight is 370 g/mol. The van der Waals surface area contributed by atoms with Gasteiger partial charge in [0, 0.05) is 4.47 Å². The summed E-state index contributed by atoms with van der Waals surface area (Å²) in [6.07, 6.45) is 0. The lowest BCUT2D eigenvalue weighted by Crippen LogP contribution is -2.32. The van der Waals surface area contributed by atoms with Crippen LogP contribution in [0.1, 0.15) is 0 Å². The van der Waals surface area contributed by atoms with Crippen LogP contribution in [-0.2, 0) is 0 Å². The van der Waals surface area contributed by atoms with Gasteiger partial charge in [-0.05, 0) is 30.3 Å². The van der Waals surface area contributed by atoms with E-state index in [4.69, 9.17) is 16.3 Å². The van der Waals surface area contributed by atoms with Crippen LogP contribution in [0, 0.1) is 0 Å². The standard InChI is InChI=1S/C15H14BrClN2O2/c16-11-4-3-5-12(10-11)21-9-8-18-15(20)19-14-7-2-1-6-13(14)17/h1-7,10H,8-9H2,(H2,18,19,20). The van der Waals surface area contributed by atoms with Gasteiger partial charge in [0.2, 0.25) is 0 Å². The fourth-order valence-corrected chi connectivity index (χ4v) is 2.18. The number of ether oxygens (including phenoxy) is 1. The highest BCUT2D eigenvalue weighted by Gasteiger charge is 2.04. The Kier molecular flexibility index (Phi) is 5.90. The van der Waals surface area contributed by atoms with Crippen molar-refractivity contribution >= 4 is 39.2 Å². The molecule has 0 aliphatic rings. The topological polar surface area (TPSA) is 50.4 Å². The molecule has 0 saturated carbocycles. The Morgan fingerprint density at radius 3 is 2.76 bits per heavy atom. The van der Waals surface area contributed by atoms with Crippen LogP contribution in [0.15, 0.2) is 53.0 Å². The van der Waals surface area contributed by atoms with Crippen molar-refractivity contribution in [1.29, 1.82) is 0 Å². The summed E-state index contributed by atoms with van der Waals surface area (Å²) in [6.45, 7) is 0.773. The van der Waals surface area contributed by atoms with Crippen LogP contribution in [0.5, 0.6) is 5.75 Å². The van der Waals surface area contributed by atoms with Crippen molar-refractivity contribution in [2.24, 2.45) is 0 Å². The highest BCUT2D eigenvalue weighted by atomic mass is 79.9. The van der Waals surface area contributed by atoms with Crippen LogP contribution in [-0.4, -0.2) is 19.2 Å². The minimum absolute atomic E-state index is 0.319. The summed E-state index contributed by atoms with van der Waals surface area (Å²) in [7, 11) is 0. The Labute approximate surface area is 136 Å². The number of anilines is 1. The molecule has 21 heavy (non-hydrogen) atoms. The first kappa shape index (κ1) is 15.7. The van der Waals surface area contributed by atoms with E-state index in [2.05, 4.69) is 26.6 Å². The van der Waals surface area contributed by atoms with Crippen molar-refractivity contribution in [2.75, 3.05) is 18.5 Å². The van der Waals surface area contributed by atoms with E-state index in [-0.39, 0.29) is 6.03 Å². The monoisotopic (exact) mass is 368 g/mol. The Morgan fingerprint density at radius 1 is 1.19 bits per heavy atom. The highest BCUT2D eigenvalue weighted by molar-refractivity contribution is 9.10. The van der Waals surface area contributed by atoms with E-state index in [1.54, 1.807) is 24.3 Å². The van der Waals surface area contributed by atoms with Crippen molar-refractivity contribution in [1.82, 2.24) is 5.32 Å². The van der Waals surface area contributed by atoms with Crippen LogP contribution >= 0.6 is 27.5 Å². The van der Waals surface area contributed by atoms with Crippen LogP contribution in [0.3, 0.4) is 0 Å². The van der Waals surface area contributed by atoms with Crippen LogP contribution in [0.2, 0.25) is 5.02 Å². The second kappa shape index (κ2) is 7.90. The molecule has 0 bridgehead atoms. The van der Waals surface area contributed by atoms with Gasteiger partial charge in [0.05, 0.1) is 17.3 Å². The molecule has 0 aliphatic heterocycles. The first-order valence-electron chi connectivity index (χ1n) is 6.33. The maximum Gasteiger partial charge on any atom is 0.319 e. The molecule has 0 spiro atoms. The van der Waals surface area contributed by atoms with Crippen molar-refractivity contribution in [3.8, 4) is 5.75 Å². The maximum absolute atomic E-state index is 11.7. The third-order valence-electron chi connectivity index (χ3n) is 2.57. The molecule has 0 unspecified atom stereocenters. The molecule has 110 valence electrons. The molecule has 6 heteroatoms. The summed E-state index contributed by atoms with van der Waals surface area (Å²) >= 11 is 9.32. The van der Waals surface area contributed by atoms with E-state index in [1.807, 2.05) is 24.3 Å². The summed E-state index contributed by atoms with van der Waals surface area (Å²) in [6, 6.07) is 14.3. The zero-order valence-corrected chi connectivity index (χ0v) is 13.4. The smallest absolute Gasteiger partial charge is 0.319 e. The van der Waals surface area contributed by atoms with Gasteiger partial charge in [-0.2, -0.15) is 0 Å². The van der Waals surface area contributed by atoms with Crippen LogP contribution < -0.4 is 15.4 Å². The number of carbonyl (C=O) groups excluding carboxylic acids is 1. The summed E-state index contributed by atoms with van der Waals surface area (Å²) in [5.41, 5.74) is 0.574. The largest absolute Gasteiger partial charge is 0.492 e. The van der Waals surface area contributed by atoms with Gasteiger partial charge in [-0.15, -0.1) is 0 Å². The van der Waals surface area contributed by atoms with Crippen molar-refractivity contribution < 1.29 is 9.53 Å². The molecule has 0 saturated heterocycles. The van der Waals surface area contributed by atoms with E-state index in [0.717, 1.165) is 10.2 Å². The van der Waals surface area contributed by atoms with Gasteiger partial charge >= 0.3 is 6.03 Å².